The van der Waals surface area contributed by atoms with Crippen LogP contribution in [0.25, 0.3) is 0 Å². The van der Waals surface area contributed by atoms with Crippen LogP contribution in [0.1, 0.15) is 18.9 Å². The van der Waals surface area contributed by atoms with Gasteiger partial charge in [0.1, 0.15) is 5.82 Å². The van der Waals surface area contributed by atoms with Crippen molar-refractivity contribution in [3.8, 4) is 11.8 Å². The maximum Gasteiger partial charge on any atom is 0.126 e. The molecule has 0 spiro atoms. The Labute approximate surface area is 90.7 Å². The van der Waals surface area contributed by atoms with Crippen LogP contribution in [0.5, 0.6) is 0 Å². The third-order valence-corrected chi connectivity index (χ3v) is 2.36. The summed E-state index contributed by atoms with van der Waals surface area (Å²) in [5.74, 6) is 5.72. The van der Waals surface area contributed by atoms with Gasteiger partial charge < -0.3 is 5.32 Å². The van der Waals surface area contributed by atoms with Crippen LogP contribution >= 0.6 is 0 Å². The van der Waals surface area contributed by atoms with E-state index in [0.717, 1.165) is 12.0 Å². The van der Waals surface area contributed by atoms with E-state index < -0.39 is 0 Å². The van der Waals surface area contributed by atoms with Gasteiger partial charge in [-0.3, -0.25) is 0 Å². The van der Waals surface area contributed by atoms with Crippen LogP contribution in [-0.2, 0) is 6.42 Å². The van der Waals surface area contributed by atoms with Crippen LogP contribution in [0, 0.1) is 17.7 Å². The molecule has 0 heterocycles. The molecule has 0 saturated carbocycles. The van der Waals surface area contributed by atoms with Crippen molar-refractivity contribution >= 4 is 0 Å². The molecule has 1 rings (SSSR count). The van der Waals surface area contributed by atoms with Gasteiger partial charge in [0.15, 0.2) is 0 Å². The van der Waals surface area contributed by atoms with Crippen molar-refractivity contribution in [2.45, 2.75) is 25.8 Å². The fourth-order valence-electron chi connectivity index (χ4n) is 1.43. The molecule has 0 amide bonds. The highest BCUT2D eigenvalue weighted by molar-refractivity contribution is 5.19. The quantitative estimate of drug-likeness (QED) is 0.744. The summed E-state index contributed by atoms with van der Waals surface area (Å²) in [5, 5.41) is 3.14. The highest BCUT2D eigenvalue weighted by atomic mass is 19.1. The zero-order valence-electron chi connectivity index (χ0n) is 9.18. The first-order valence-electron chi connectivity index (χ1n) is 5.08. The fourth-order valence-corrected chi connectivity index (χ4v) is 1.43. The van der Waals surface area contributed by atoms with E-state index in [-0.39, 0.29) is 11.9 Å². The van der Waals surface area contributed by atoms with Crippen LogP contribution < -0.4 is 5.32 Å². The molecule has 0 aromatic heterocycles. The van der Waals surface area contributed by atoms with Crippen LogP contribution in [0.3, 0.4) is 0 Å². The summed E-state index contributed by atoms with van der Waals surface area (Å²) in [6.45, 7) is 1.82. The second kappa shape index (κ2) is 6.21. The zero-order valence-corrected chi connectivity index (χ0v) is 9.18. The van der Waals surface area contributed by atoms with Crippen molar-refractivity contribution in [3.05, 3.63) is 35.6 Å². The molecule has 80 valence electrons. The lowest BCUT2D eigenvalue weighted by molar-refractivity contribution is 0.543. The van der Waals surface area contributed by atoms with Crippen molar-refractivity contribution in [2.75, 3.05) is 7.05 Å². The zero-order chi connectivity index (χ0) is 11.1. The summed E-state index contributed by atoms with van der Waals surface area (Å²) in [6, 6.07) is 7.09. The molecule has 0 fully saturated rings. The minimum Gasteiger partial charge on any atom is -0.316 e. The predicted octanol–water partition coefficient (Wildman–Crippen LogP) is 2.37. The van der Waals surface area contributed by atoms with Gasteiger partial charge in [0.2, 0.25) is 0 Å². The van der Waals surface area contributed by atoms with Gasteiger partial charge in [-0.15, -0.1) is 11.8 Å². The van der Waals surface area contributed by atoms with Gasteiger partial charge in [-0.2, -0.15) is 0 Å². The average molecular weight is 205 g/mol. The number of nitrogens with one attached hydrogen (secondary N) is 1. The summed E-state index contributed by atoms with van der Waals surface area (Å²) in [7, 11) is 1.88. The van der Waals surface area contributed by atoms with Crippen molar-refractivity contribution in [3.63, 3.8) is 0 Å². The smallest absolute Gasteiger partial charge is 0.126 e. The highest BCUT2D eigenvalue weighted by Gasteiger charge is 2.08. The van der Waals surface area contributed by atoms with E-state index in [2.05, 4.69) is 17.2 Å². The summed E-state index contributed by atoms with van der Waals surface area (Å²) < 4.78 is 13.3. The Morgan fingerprint density at radius 2 is 2.13 bits per heavy atom. The molecule has 0 radical (unpaired) electrons. The maximum absolute atomic E-state index is 13.3. The summed E-state index contributed by atoms with van der Waals surface area (Å²) >= 11 is 0. The van der Waals surface area contributed by atoms with Crippen molar-refractivity contribution in [1.29, 1.82) is 0 Å². The molecule has 0 saturated heterocycles. The second-order valence-corrected chi connectivity index (χ2v) is 3.41. The Bertz CT molecular complexity index is 362. The van der Waals surface area contributed by atoms with Gasteiger partial charge in [-0.05, 0) is 32.0 Å². The van der Waals surface area contributed by atoms with Gasteiger partial charge >= 0.3 is 0 Å². The maximum atomic E-state index is 13.3. The molecule has 1 nitrogen and oxygen atoms in total. The molecule has 1 atom stereocenters. The summed E-state index contributed by atoms with van der Waals surface area (Å²) in [4.78, 5) is 0. The largest absolute Gasteiger partial charge is 0.316 e. The minimum atomic E-state index is -0.137. The van der Waals surface area contributed by atoms with E-state index in [1.807, 2.05) is 26.1 Å². The van der Waals surface area contributed by atoms with Gasteiger partial charge in [-0.25, -0.2) is 4.39 Å². The van der Waals surface area contributed by atoms with Crippen LogP contribution in [0.4, 0.5) is 4.39 Å². The average Bonchev–Trinajstić information content (AvgIpc) is 2.26. The van der Waals surface area contributed by atoms with Crippen LogP contribution in [0.15, 0.2) is 24.3 Å². The Hall–Kier alpha value is -1.33. The number of hydrogen-bond acceptors (Lipinski definition) is 1. The lowest BCUT2D eigenvalue weighted by Crippen LogP contribution is -2.27. The summed E-state index contributed by atoms with van der Waals surface area (Å²) in [5.41, 5.74) is 0.745. The van der Waals surface area contributed by atoms with Crippen molar-refractivity contribution < 1.29 is 4.39 Å². The van der Waals surface area contributed by atoms with Gasteiger partial charge in [0.05, 0.1) is 0 Å². The number of likely N-dealkylation sites (N-methyl/N-ethyl adjacent to an activating group) is 1. The Morgan fingerprint density at radius 3 is 2.73 bits per heavy atom. The number of rotatable bonds is 4. The molecule has 1 aromatic rings. The first-order chi connectivity index (χ1) is 7.27. The fraction of sp³-hybridized carbons (Fsp3) is 0.385. The normalized spacial score (nSPS) is 11.7. The lowest BCUT2D eigenvalue weighted by Gasteiger charge is -2.13. The molecule has 1 N–H and O–H groups in total. The molecule has 0 aliphatic carbocycles. The third kappa shape index (κ3) is 3.73. The van der Waals surface area contributed by atoms with Crippen molar-refractivity contribution in [2.24, 2.45) is 0 Å². The van der Waals surface area contributed by atoms with Crippen molar-refractivity contribution in [1.82, 2.24) is 5.32 Å². The molecule has 2 heteroatoms. The van der Waals surface area contributed by atoms with E-state index in [1.165, 1.54) is 6.07 Å². The number of benzene rings is 1. The van der Waals surface area contributed by atoms with E-state index in [0.29, 0.717) is 6.42 Å². The molecular weight excluding hydrogens is 189 g/mol. The Kier molecular flexibility index (Phi) is 4.86. The first kappa shape index (κ1) is 11.7. The van der Waals surface area contributed by atoms with E-state index in [9.17, 15) is 4.39 Å². The third-order valence-electron chi connectivity index (χ3n) is 2.36. The monoisotopic (exact) mass is 205 g/mol. The standard InChI is InChI=1S/C13H16FN/c1-3-4-8-12(15-2)10-11-7-5-6-9-13(11)14/h5-7,9,12,15H,8,10H2,1-2H3. The summed E-state index contributed by atoms with van der Waals surface area (Å²) in [6.07, 6.45) is 1.43. The molecule has 1 unspecified atom stereocenters. The second-order valence-electron chi connectivity index (χ2n) is 3.41. The number of hydrogen-bond donors (Lipinski definition) is 1. The van der Waals surface area contributed by atoms with Gasteiger partial charge in [0.25, 0.3) is 0 Å². The van der Waals surface area contributed by atoms with E-state index in [4.69, 9.17) is 0 Å². The Balaban J connectivity index is 2.65. The number of halogens is 1. The predicted molar refractivity (Wildman–Crippen MR) is 61.0 cm³/mol. The van der Waals surface area contributed by atoms with Gasteiger partial charge in [0, 0.05) is 12.5 Å². The van der Waals surface area contributed by atoms with Crippen LogP contribution in [0.2, 0.25) is 0 Å². The molecule has 15 heavy (non-hydrogen) atoms. The van der Waals surface area contributed by atoms with Crippen LogP contribution in [-0.4, -0.2) is 13.1 Å². The van der Waals surface area contributed by atoms with Gasteiger partial charge in [-0.1, -0.05) is 18.2 Å². The molecular formula is C13H16FN. The molecule has 0 aliphatic rings. The van der Waals surface area contributed by atoms with E-state index >= 15 is 0 Å². The Morgan fingerprint density at radius 1 is 1.40 bits per heavy atom. The topological polar surface area (TPSA) is 12.0 Å². The first-order valence-corrected chi connectivity index (χ1v) is 5.08. The molecule has 0 bridgehead atoms. The molecule has 0 aliphatic heterocycles. The lowest BCUT2D eigenvalue weighted by atomic mass is 10.0. The highest BCUT2D eigenvalue weighted by Crippen LogP contribution is 2.10. The molecule has 1 aromatic carbocycles. The SMILES string of the molecule is CC#CCC(Cc1ccccc1F)NC. The minimum absolute atomic E-state index is 0.137. The van der Waals surface area contributed by atoms with E-state index in [1.54, 1.807) is 6.07 Å².